The summed E-state index contributed by atoms with van der Waals surface area (Å²) < 4.78 is 11.6. The van der Waals surface area contributed by atoms with Gasteiger partial charge in [-0.3, -0.25) is 0 Å². The zero-order valence-corrected chi connectivity index (χ0v) is 26.8. The Hall–Kier alpha value is -3.15. The Morgan fingerprint density at radius 2 is 1.20 bits per heavy atom. The molecule has 1 aromatic heterocycles. The summed E-state index contributed by atoms with van der Waals surface area (Å²) in [6.07, 6.45) is -9.11. The Morgan fingerprint density at radius 3 is 1.64 bits per heavy atom. The van der Waals surface area contributed by atoms with E-state index >= 15 is 0 Å². The molecule has 1 rings (SSSR count). The fourth-order valence-electron chi connectivity index (χ4n) is 4.25. The Balaban J connectivity index is 3.08. The largest absolute Gasteiger partial charge is 0.461 e. The molecule has 0 amide bonds. The number of rotatable bonds is 19. The SMILES string of the molecule is C=CCn1c(=O)n(CC(O)COC(=O)C(O)C(O)C(O)C(O)C(=O)OC(C)(C)CC)c(=O)n(CC(O)CC(C)(CC)CC)c1=O. The third-order valence-corrected chi connectivity index (χ3v) is 8.05. The van der Waals surface area contributed by atoms with Crippen LogP contribution in [-0.2, 0) is 38.7 Å². The first-order chi connectivity index (χ1) is 20.8. The summed E-state index contributed by atoms with van der Waals surface area (Å²) in [7, 11) is 0. The second-order valence-electron chi connectivity index (χ2n) is 12.0. The molecule has 0 aliphatic rings. The molecule has 0 aromatic carbocycles. The van der Waals surface area contributed by atoms with E-state index in [0.29, 0.717) is 20.1 Å². The predicted molar refractivity (Wildman–Crippen MR) is 160 cm³/mol. The van der Waals surface area contributed by atoms with Crippen molar-refractivity contribution < 1.29 is 49.7 Å². The van der Waals surface area contributed by atoms with E-state index in [0.717, 1.165) is 12.8 Å². The summed E-state index contributed by atoms with van der Waals surface area (Å²) >= 11 is 0. The Labute approximate surface area is 260 Å². The van der Waals surface area contributed by atoms with E-state index in [4.69, 9.17) is 9.47 Å². The minimum absolute atomic E-state index is 0.265. The molecule has 16 heteroatoms. The van der Waals surface area contributed by atoms with Crippen LogP contribution in [-0.4, -0.2) is 105 Å². The maximum atomic E-state index is 13.2. The first-order valence-corrected chi connectivity index (χ1v) is 14.8. The maximum absolute atomic E-state index is 13.2. The number of ether oxygens (including phenoxy) is 2. The molecule has 0 saturated carbocycles. The normalized spacial score (nSPS) is 16.3. The van der Waals surface area contributed by atoms with Crippen LogP contribution in [0.15, 0.2) is 27.0 Å². The molecule has 0 bridgehead atoms. The molecule has 0 fully saturated rings. The predicted octanol–water partition coefficient (Wildman–Crippen LogP) is -1.99. The van der Waals surface area contributed by atoms with Crippen molar-refractivity contribution in [2.75, 3.05) is 6.61 Å². The topological polar surface area (TPSA) is 240 Å². The Morgan fingerprint density at radius 1 is 0.756 bits per heavy atom. The lowest BCUT2D eigenvalue weighted by Crippen LogP contribution is -2.56. The minimum atomic E-state index is -2.48. The highest BCUT2D eigenvalue weighted by molar-refractivity contribution is 5.77. The number of carbonyl (C=O) groups is 2. The van der Waals surface area contributed by atoms with Crippen LogP contribution in [0.1, 0.15) is 67.2 Å². The van der Waals surface area contributed by atoms with Gasteiger partial charge in [-0.25, -0.2) is 37.7 Å². The quantitative estimate of drug-likeness (QED) is 0.0705. The molecular formula is C29H49N3O13. The Bertz CT molecular complexity index is 1330. The first kappa shape index (κ1) is 39.9. The number of esters is 2. The standard InChI is InChI=1S/C29H49N3O13/c1-8-12-30-25(41)31(14-17(33)13-29(7,10-3)11-4)27(43)32(26(30)42)15-18(34)16-44-23(39)21(37)19(35)20(36)22(38)24(40)45-28(5,6)9-2/h8,17-22,33-38H,1,9-16H2,2-7H3. The molecule has 16 nitrogen and oxygen atoms in total. The number of aliphatic hydroxyl groups is 6. The van der Waals surface area contributed by atoms with Crippen molar-refractivity contribution in [2.45, 2.75) is 129 Å². The van der Waals surface area contributed by atoms with Gasteiger partial charge in [0.05, 0.1) is 25.7 Å². The van der Waals surface area contributed by atoms with E-state index in [1.807, 2.05) is 20.8 Å². The summed E-state index contributed by atoms with van der Waals surface area (Å²) in [5.41, 5.74) is -4.49. The van der Waals surface area contributed by atoms with Crippen molar-refractivity contribution in [2.24, 2.45) is 5.41 Å². The van der Waals surface area contributed by atoms with Crippen LogP contribution < -0.4 is 17.1 Å². The van der Waals surface area contributed by atoms with E-state index < -0.39 is 90.9 Å². The molecular weight excluding hydrogens is 598 g/mol. The van der Waals surface area contributed by atoms with Gasteiger partial charge in [0.15, 0.2) is 12.2 Å². The molecule has 258 valence electrons. The maximum Gasteiger partial charge on any atom is 0.338 e. The van der Waals surface area contributed by atoms with Gasteiger partial charge in [-0.05, 0) is 32.1 Å². The van der Waals surface area contributed by atoms with Crippen molar-refractivity contribution >= 4 is 11.9 Å². The van der Waals surface area contributed by atoms with E-state index in [2.05, 4.69) is 6.58 Å². The van der Waals surface area contributed by atoms with Crippen LogP contribution in [0.5, 0.6) is 0 Å². The molecule has 1 heterocycles. The molecule has 6 atom stereocenters. The molecule has 45 heavy (non-hydrogen) atoms. The molecule has 0 spiro atoms. The van der Waals surface area contributed by atoms with Gasteiger partial charge < -0.3 is 40.1 Å². The smallest absolute Gasteiger partial charge is 0.338 e. The molecule has 6 unspecified atom stereocenters. The third-order valence-electron chi connectivity index (χ3n) is 8.05. The summed E-state index contributed by atoms with van der Waals surface area (Å²) in [6, 6.07) is 0. The summed E-state index contributed by atoms with van der Waals surface area (Å²) in [5.74, 6) is -2.88. The van der Waals surface area contributed by atoms with E-state index in [-0.39, 0.29) is 18.4 Å². The zero-order valence-electron chi connectivity index (χ0n) is 26.8. The Kier molecular flexibility index (Phi) is 15.0. The number of hydrogen-bond acceptors (Lipinski definition) is 13. The number of aliphatic hydroxyl groups excluding tert-OH is 6. The number of aromatic nitrogens is 3. The van der Waals surface area contributed by atoms with E-state index in [9.17, 15) is 54.6 Å². The number of carbonyl (C=O) groups excluding carboxylic acids is 2. The number of allylic oxidation sites excluding steroid dienone is 1. The van der Waals surface area contributed by atoms with Crippen LogP contribution in [0.3, 0.4) is 0 Å². The number of nitrogens with zero attached hydrogens (tertiary/aromatic N) is 3. The van der Waals surface area contributed by atoms with Gasteiger partial charge in [-0.15, -0.1) is 6.58 Å². The molecule has 0 aliphatic heterocycles. The van der Waals surface area contributed by atoms with Crippen LogP contribution in [0.4, 0.5) is 0 Å². The van der Waals surface area contributed by atoms with Crippen LogP contribution in [0.25, 0.3) is 0 Å². The molecule has 1 aromatic rings. The summed E-state index contributed by atoms with van der Waals surface area (Å²) in [6.45, 7) is 11.7. The van der Waals surface area contributed by atoms with Crippen molar-refractivity contribution in [1.82, 2.24) is 13.7 Å². The second-order valence-corrected chi connectivity index (χ2v) is 12.0. The van der Waals surface area contributed by atoms with Crippen LogP contribution in [0, 0.1) is 5.41 Å². The average Bonchev–Trinajstić information content (AvgIpc) is 3.00. The fraction of sp³-hybridized carbons (Fsp3) is 0.759. The van der Waals surface area contributed by atoms with Gasteiger partial charge in [0.1, 0.15) is 30.5 Å². The first-order valence-electron chi connectivity index (χ1n) is 14.8. The van der Waals surface area contributed by atoms with Crippen LogP contribution in [0.2, 0.25) is 0 Å². The summed E-state index contributed by atoms with van der Waals surface area (Å²) in [4.78, 5) is 63.5. The van der Waals surface area contributed by atoms with E-state index in [1.54, 1.807) is 6.92 Å². The average molecular weight is 648 g/mol. The molecule has 0 saturated heterocycles. The lowest BCUT2D eigenvalue weighted by atomic mass is 9.79. The van der Waals surface area contributed by atoms with Gasteiger partial charge in [-0.2, -0.15) is 0 Å². The zero-order chi connectivity index (χ0) is 34.9. The van der Waals surface area contributed by atoms with Gasteiger partial charge >= 0.3 is 29.0 Å². The van der Waals surface area contributed by atoms with E-state index in [1.165, 1.54) is 19.9 Å². The van der Waals surface area contributed by atoms with Gasteiger partial charge in [0, 0.05) is 0 Å². The minimum Gasteiger partial charge on any atom is -0.461 e. The van der Waals surface area contributed by atoms with Crippen LogP contribution >= 0.6 is 0 Å². The molecule has 6 N–H and O–H groups in total. The van der Waals surface area contributed by atoms with Gasteiger partial charge in [0.2, 0.25) is 0 Å². The highest BCUT2D eigenvalue weighted by Crippen LogP contribution is 2.31. The molecule has 0 radical (unpaired) electrons. The van der Waals surface area contributed by atoms with Crippen molar-refractivity contribution in [1.29, 1.82) is 0 Å². The van der Waals surface area contributed by atoms with Gasteiger partial charge in [0.25, 0.3) is 0 Å². The third kappa shape index (κ3) is 10.7. The highest BCUT2D eigenvalue weighted by Gasteiger charge is 2.40. The van der Waals surface area contributed by atoms with Crippen molar-refractivity contribution in [3.63, 3.8) is 0 Å². The molecule has 0 aliphatic carbocycles. The lowest BCUT2D eigenvalue weighted by molar-refractivity contribution is -0.187. The van der Waals surface area contributed by atoms with Gasteiger partial charge in [-0.1, -0.05) is 46.6 Å². The lowest BCUT2D eigenvalue weighted by Gasteiger charge is -2.29. The second kappa shape index (κ2) is 17.0. The highest BCUT2D eigenvalue weighted by atomic mass is 16.6. The van der Waals surface area contributed by atoms with Crippen molar-refractivity contribution in [3.8, 4) is 0 Å². The van der Waals surface area contributed by atoms with Crippen molar-refractivity contribution in [3.05, 3.63) is 44.1 Å². The summed E-state index contributed by atoms with van der Waals surface area (Å²) in [5, 5.41) is 61.5. The monoisotopic (exact) mass is 647 g/mol. The fourth-order valence-corrected chi connectivity index (χ4v) is 4.25. The number of hydrogen-bond donors (Lipinski definition) is 6.